The molecule has 0 amide bonds. The highest BCUT2D eigenvalue weighted by atomic mass is 16.3. The summed E-state index contributed by atoms with van der Waals surface area (Å²) in [4.78, 5) is 0. The zero-order valence-corrected chi connectivity index (χ0v) is 9.54. The van der Waals surface area contributed by atoms with Crippen molar-refractivity contribution in [2.75, 3.05) is 6.54 Å². The van der Waals surface area contributed by atoms with Crippen molar-refractivity contribution in [2.45, 2.75) is 45.1 Å². The fourth-order valence-electron chi connectivity index (χ4n) is 2.64. The maximum absolute atomic E-state index is 5.17. The van der Waals surface area contributed by atoms with E-state index in [9.17, 15) is 0 Å². The molecule has 2 rings (SSSR count). The summed E-state index contributed by atoms with van der Waals surface area (Å²) in [6.07, 6.45) is 10.6. The summed E-state index contributed by atoms with van der Waals surface area (Å²) in [6.45, 7) is 3.20. The van der Waals surface area contributed by atoms with Crippen molar-refractivity contribution in [3.05, 3.63) is 24.2 Å². The molecule has 1 unspecified atom stereocenters. The van der Waals surface area contributed by atoms with Crippen LogP contribution in [0.5, 0.6) is 0 Å². The summed E-state index contributed by atoms with van der Waals surface area (Å²) in [6, 6.07) is 2.58. The zero-order chi connectivity index (χ0) is 10.5. The lowest BCUT2D eigenvalue weighted by molar-refractivity contribution is 0.398. The molecule has 0 spiro atoms. The van der Waals surface area contributed by atoms with Crippen LogP contribution in [-0.4, -0.2) is 6.54 Å². The monoisotopic (exact) mass is 207 g/mol. The first-order chi connectivity index (χ1) is 7.40. The molecule has 0 saturated heterocycles. The highest BCUT2D eigenvalue weighted by molar-refractivity contribution is 5.11. The van der Waals surface area contributed by atoms with Gasteiger partial charge in [-0.3, -0.25) is 0 Å². The third-order valence-electron chi connectivity index (χ3n) is 3.44. The Labute approximate surface area is 92.1 Å². The molecule has 15 heavy (non-hydrogen) atoms. The molecule has 0 radical (unpaired) electrons. The van der Waals surface area contributed by atoms with Gasteiger partial charge in [0, 0.05) is 11.6 Å². The van der Waals surface area contributed by atoms with Crippen LogP contribution in [-0.2, 0) is 0 Å². The number of hydrogen-bond donors (Lipinski definition) is 1. The van der Waals surface area contributed by atoms with Crippen molar-refractivity contribution in [2.24, 2.45) is 5.92 Å². The molecule has 1 aromatic rings. The molecular weight excluding hydrogens is 186 g/mol. The van der Waals surface area contributed by atoms with E-state index < -0.39 is 0 Å². The highest BCUT2D eigenvalue weighted by Crippen LogP contribution is 2.32. The zero-order valence-electron chi connectivity index (χ0n) is 9.54. The van der Waals surface area contributed by atoms with E-state index in [0.717, 1.165) is 12.5 Å². The van der Waals surface area contributed by atoms with Gasteiger partial charge in [-0.1, -0.05) is 32.6 Å². The van der Waals surface area contributed by atoms with Gasteiger partial charge in [0.1, 0.15) is 0 Å². The molecule has 0 aromatic carbocycles. The normalized spacial score (nSPS) is 19.5. The summed E-state index contributed by atoms with van der Waals surface area (Å²) in [5.74, 6) is 0.920. The van der Waals surface area contributed by atoms with E-state index in [-0.39, 0.29) is 0 Å². The fraction of sp³-hybridized carbons (Fsp3) is 0.692. The molecule has 1 N–H and O–H groups in total. The molecule has 1 heterocycles. The van der Waals surface area contributed by atoms with E-state index in [1.54, 1.807) is 6.26 Å². The predicted molar refractivity (Wildman–Crippen MR) is 61.7 cm³/mol. The molecule has 84 valence electrons. The Morgan fingerprint density at radius 2 is 2.27 bits per heavy atom. The third-order valence-corrected chi connectivity index (χ3v) is 3.44. The van der Waals surface area contributed by atoms with Crippen molar-refractivity contribution < 1.29 is 4.42 Å². The van der Waals surface area contributed by atoms with Crippen molar-refractivity contribution in [3.63, 3.8) is 0 Å². The Morgan fingerprint density at radius 1 is 1.47 bits per heavy atom. The number of hydrogen-bond acceptors (Lipinski definition) is 2. The Hall–Kier alpha value is -0.760. The van der Waals surface area contributed by atoms with Gasteiger partial charge < -0.3 is 9.73 Å². The SMILES string of the molecule is CCNC(CC1CCCC1)c1ccoc1. The Kier molecular flexibility index (Phi) is 3.84. The second kappa shape index (κ2) is 5.36. The third kappa shape index (κ3) is 2.85. The van der Waals surface area contributed by atoms with Crippen LogP contribution in [0.15, 0.2) is 23.0 Å². The van der Waals surface area contributed by atoms with Gasteiger partial charge in [-0.05, 0) is 24.9 Å². The first-order valence-electron chi connectivity index (χ1n) is 6.15. The molecule has 2 nitrogen and oxygen atoms in total. The lowest BCUT2D eigenvalue weighted by Gasteiger charge is -2.20. The molecule has 1 aliphatic carbocycles. The minimum absolute atomic E-state index is 0.497. The lowest BCUT2D eigenvalue weighted by Crippen LogP contribution is -2.22. The Balaban J connectivity index is 1.93. The molecule has 2 heteroatoms. The van der Waals surface area contributed by atoms with Crippen LogP contribution in [0.3, 0.4) is 0 Å². The van der Waals surface area contributed by atoms with Gasteiger partial charge in [-0.2, -0.15) is 0 Å². The first kappa shape index (κ1) is 10.7. The van der Waals surface area contributed by atoms with Gasteiger partial charge in [0.15, 0.2) is 0 Å². The van der Waals surface area contributed by atoms with Crippen molar-refractivity contribution in [1.82, 2.24) is 5.32 Å². The van der Waals surface area contributed by atoms with Crippen LogP contribution in [0.4, 0.5) is 0 Å². The van der Waals surface area contributed by atoms with Crippen molar-refractivity contribution in [1.29, 1.82) is 0 Å². The molecule has 1 aliphatic rings. The maximum atomic E-state index is 5.17. The van der Waals surface area contributed by atoms with Gasteiger partial charge in [0.05, 0.1) is 12.5 Å². The standard InChI is InChI=1S/C13H21NO/c1-2-14-13(12-7-8-15-10-12)9-11-5-3-4-6-11/h7-8,10-11,13-14H,2-6,9H2,1H3. The van der Waals surface area contributed by atoms with E-state index in [1.165, 1.54) is 37.7 Å². The maximum Gasteiger partial charge on any atom is 0.0950 e. The van der Waals surface area contributed by atoms with Crippen LogP contribution in [0.2, 0.25) is 0 Å². The second-order valence-corrected chi connectivity index (χ2v) is 4.55. The van der Waals surface area contributed by atoms with Gasteiger partial charge >= 0.3 is 0 Å². The number of rotatable bonds is 5. The van der Waals surface area contributed by atoms with Gasteiger partial charge in [0.25, 0.3) is 0 Å². The van der Waals surface area contributed by atoms with E-state index in [2.05, 4.69) is 18.3 Å². The fourth-order valence-corrected chi connectivity index (χ4v) is 2.64. The molecule has 1 saturated carbocycles. The van der Waals surface area contributed by atoms with Crippen LogP contribution >= 0.6 is 0 Å². The average Bonchev–Trinajstić information content (AvgIpc) is 2.89. The molecule has 0 aliphatic heterocycles. The van der Waals surface area contributed by atoms with E-state index in [4.69, 9.17) is 4.42 Å². The molecule has 1 atom stereocenters. The largest absolute Gasteiger partial charge is 0.472 e. The van der Waals surface area contributed by atoms with Crippen LogP contribution < -0.4 is 5.32 Å². The van der Waals surface area contributed by atoms with E-state index >= 15 is 0 Å². The lowest BCUT2D eigenvalue weighted by atomic mass is 9.95. The quantitative estimate of drug-likeness (QED) is 0.799. The molecular formula is C13H21NO. The first-order valence-corrected chi connectivity index (χ1v) is 6.15. The van der Waals surface area contributed by atoms with Crippen LogP contribution in [0, 0.1) is 5.92 Å². The molecule has 1 aromatic heterocycles. The topological polar surface area (TPSA) is 25.2 Å². The second-order valence-electron chi connectivity index (χ2n) is 4.55. The van der Waals surface area contributed by atoms with Crippen molar-refractivity contribution in [3.8, 4) is 0 Å². The van der Waals surface area contributed by atoms with Crippen LogP contribution in [0.25, 0.3) is 0 Å². The van der Waals surface area contributed by atoms with Gasteiger partial charge in [0.2, 0.25) is 0 Å². The predicted octanol–water partition coefficient (Wildman–Crippen LogP) is 3.51. The van der Waals surface area contributed by atoms with Crippen LogP contribution in [0.1, 0.15) is 50.6 Å². The number of nitrogens with one attached hydrogen (secondary N) is 1. The van der Waals surface area contributed by atoms with Gasteiger partial charge in [-0.25, -0.2) is 0 Å². The average molecular weight is 207 g/mol. The summed E-state index contributed by atoms with van der Waals surface area (Å²) in [5, 5.41) is 3.55. The smallest absolute Gasteiger partial charge is 0.0950 e. The Morgan fingerprint density at radius 3 is 2.87 bits per heavy atom. The summed E-state index contributed by atoms with van der Waals surface area (Å²) < 4.78 is 5.17. The minimum atomic E-state index is 0.497. The van der Waals surface area contributed by atoms with E-state index in [1.807, 2.05) is 6.26 Å². The minimum Gasteiger partial charge on any atom is -0.472 e. The van der Waals surface area contributed by atoms with Crippen molar-refractivity contribution >= 4 is 0 Å². The summed E-state index contributed by atoms with van der Waals surface area (Å²) in [7, 11) is 0. The summed E-state index contributed by atoms with van der Waals surface area (Å²) >= 11 is 0. The Bertz CT molecular complexity index is 262. The highest BCUT2D eigenvalue weighted by Gasteiger charge is 2.21. The number of furan rings is 1. The molecule has 0 bridgehead atoms. The molecule has 1 fully saturated rings. The van der Waals surface area contributed by atoms with Gasteiger partial charge in [-0.15, -0.1) is 0 Å². The van der Waals surface area contributed by atoms with E-state index in [0.29, 0.717) is 6.04 Å². The summed E-state index contributed by atoms with van der Waals surface area (Å²) in [5.41, 5.74) is 1.31.